The van der Waals surface area contributed by atoms with Gasteiger partial charge in [0, 0.05) is 0 Å². The van der Waals surface area contributed by atoms with E-state index in [4.69, 9.17) is 14.5 Å². The van der Waals surface area contributed by atoms with Gasteiger partial charge in [-0.25, -0.2) is 4.98 Å². The van der Waals surface area contributed by atoms with Crippen LogP contribution in [0.3, 0.4) is 0 Å². The summed E-state index contributed by atoms with van der Waals surface area (Å²) in [6, 6.07) is 21.8. The molecule has 6 heteroatoms. The summed E-state index contributed by atoms with van der Waals surface area (Å²) in [5.41, 5.74) is 4.04. The molecule has 1 aliphatic rings. The van der Waals surface area contributed by atoms with E-state index in [1.165, 1.54) is 5.56 Å². The number of thiazole rings is 1. The topological polar surface area (TPSA) is 51.7 Å². The van der Waals surface area contributed by atoms with Gasteiger partial charge in [-0.05, 0) is 47.9 Å². The van der Waals surface area contributed by atoms with E-state index in [9.17, 15) is 4.79 Å². The normalized spacial score (nSPS) is 12.3. The molecule has 30 heavy (non-hydrogen) atoms. The van der Waals surface area contributed by atoms with Crippen molar-refractivity contribution in [2.45, 2.75) is 19.9 Å². The number of anilines is 1. The molecule has 1 amide bonds. The number of amides is 1. The van der Waals surface area contributed by atoms with Crippen LogP contribution in [0.2, 0.25) is 0 Å². The summed E-state index contributed by atoms with van der Waals surface area (Å²) < 4.78 is 11.9. The Kier molecular flexibility index (Phi) is 4.85. The first-order chi connectivity index (χ1) is 14.7. The van der Waals surface area contributed by atoms with Crippen LogP contribution in [0.25, 0.3) is 10.2 Å². The predicted molar refractivity (Wildman–Crippen MR) is 118 cm³/mol. The van der Waals surface area contributed by atoms with E-state index in [-0.39, 0.29) is 19.1 Å². The third-order valence-corrected chi connectivity index (χ3v) is 6.08. The van der Waals surface area contributed by atoms with Crippen molar-refractivity contribution in [2.75, 3.05) is 11.7 Å². The van der Waals surface area contributed by atoms with Crippen LogP contribution in [0.5, 0.6) is 11.5 Å². The van der Waals surface area contributed by atoms with Gasteiger partial charge in [0.05, 0.1) is 23.2 Å². The van der Waals surface area contributed by atoms with Gasteiger partial charge in [0.15, 0.2) is 16.6 Å². The largest absolute Gasteiger partial charge is 0.454 e. The fourth-order valence-corrected chi connectivity index (χ4v) is 4.56. The number of hydrogen-bond acceptors (Lipinski definition) is 5. The SMILES string of the molecule is Cc1ccc2nc(N(Cc3ccccc3)C(=O)Cc3ccc4c(c3)OCO4)sc2c1. The number of fused-ring (bicyclic) bond motifs is 2. The number of benzene rings is 3. The molecule has 3 aromatic carbocycles. The average Bonchev–Trinajstić information content (AvgIpc) is 3.38. The van der Waals surface area contributed by atoms with E-state index in [1.54, 1.807) is 16.2 Å². The van der Waals surface area contributed by atoms with Crippen LogP contribution >= 0.6 is 11.3 Å². The first-order valence-corrected chi connectivity index (χ1v) is 10.6. The molecule has 5 rings (SSSR count). The van der Waals surface area contributed by atoms with Gasteiger partial charge < -0.3 is 9.47 Å². The second-order valence-corrected chi connectivity index (χ2v) is 8.31. The Labute approximate surface area is 178 Å². The van der Waals surface area contributed by atoms with Crippen molar-refractivity contribution in [3.05, 3.63) is 83.4 Å². The Morgan fingerprint density at radius 1 is 1.00 bits per heavy atom. The lowest BCUT2D eigenvalue weighted by Crippen LogP contribution is -2.31. The van der Waals surface area contributed by atoms with Crippen LogP contribution in [0.4, 0.5) is 5.13 Å². The Balaban J connectivity index is 1.47. The predicted octanol–water partition coefficient (Wildman–Crippen LogP) is 5.11. The lowest BCUT2D eigenvalue weighted by Gasteiger charge is -2.20. The van der Waals surface area contributed by atoms with E-state index < -0.39 is 0 Å². The highest BCUT2D eigenvalue weighted by atomic mass is 32.1. The zero-order chi connectivity index (χ0) is 20.5. The van der Waals surface area contributed by atoms with Crippen molar-refractivity contribution in [1.82, 2.24) is 4.98 Å². The standard InChI is InChI=1S/C24H20N2O3S/c1-16-7-9-19-22(11-16)30-24(25-19)26(14-17-5-3-2-4-6-17)23(27)13-18-8-10-20-21(12-18)29-15-28-20/h2-12H,13-15H2,1H3. The molecule has 1 aliphatic heterocycles. The number of hydrogen-bond donors (Lipinski definition) is 0. The first-order valence-electron chi connectivity index (χ1n) is 9.76. The minimum Gasteiger partial charge on any atom is -0.454 e. The minimum absolute atomic E-state index is 0.00602. The number of nitrogens with zero attached hydrogens (tertiary/aromatic N) is 2. The molecule has 1 aromatic heterocycles. The third-order valence-electron chi connectivity index (χ3n) is 5.04. The van der Waals surface area contributed by atoms with Gasteiger partial charge in [0.1, 0.15) is 0 Å². The lowest BCUT2D eigenvalue weighted by molar-refractivity contribution is -0.118. The Morgan fingerprint density at radius 3 is 2.70 bits per heavy atom. The van der Waals surface area contributed by atoms with Gasteiger partial charge in [-0.15, -0.1) is 0 Å². The zero-order valence-corrected chi connectivity index (χ0v) is 17.3. The summed E-state index contributed by atoms with van der Waals surface area (Å²) in [6.45, 7) is 2.76. The molecule has 0 aliphatic carbocycles. The summed E-state index contributed by atoms with van der Waals surface area (Å²) in [5.74, 6) is 1.40. The average molecular weight is 417 g/mol. The van der Waals surface area contributed by atoms with Crippen molar-refractivity contribution >= 4 is 32.6 Å². The summed E-state index contributed by atoms with van der Waals surface area (Å²) in [7, 11) is 0. The number of ether oxygens (including phenoxy) is 2. The van der Waals surface area contributed by atoms with Crippen LogP contribution in [-0.4, -0.2) is 17.7 Å². The van der Waals surface area contributed by atoms with Gasteiger partial charge in [-0.3, -0.25) is 9.69 Å². The lowest BCUT2D eigenvalue weighted by atomic mass is 10.1. The van der Waals surface area contributed by atoms with Crippen LogP contribution in [-0.2, 0) is 17.8 Å². The highest BCUT2D eigenvalue weighted by Crippen LogP contribution is 2.34. The maximum Gasteiger partial charge on any atom is 0.233 e. The molecular formula is C24H20N2O3S. The van der Waals surface area contributed by atoms with Crippen molar-refractivity contribution in [1.29, 1.82) is 0 Å². The molecule has 0 radical (unpaired) electrons. The zero-order valence-electron chi connectivity index (χ0n) is 16.5. The highest BCUT2D eigenvalue weighted by molar-refractivity contribution is 7.22. The fraction of sp³-hybridized carbons (Fsp3) is 0.167. The van der Waals surface area contributed by atoms with Gasteiger partial charge in [-0.1, -0.05) is 53.8 Å². The second kappa shape index (κ2) is 7.80. The number of aromatic nitrogens is 1. The van der Waals surface area contributed by atoms with Crippen molar-refractivity contribution in [3.8, 4) is 11.5 Å². The summed E-state index contributed by atoms with van der Waals surface area (Å²) in [6.07, 6.45) is 0.262. The number of aryl methyl sites for hydroxylation is 1. The molecule has 0 N–H and O–H groups in total. The third kappa shape index (κ3) is 3.74. The number of carbonyl (C=O) groups excluding carboxylic acids is 1. The van der Waals surface area contributed by atoms with E-state index in [2.05, 4.69) is 13.0 Å². The van der Waals surface area contributed by atoms with E-state index in [0.29, 0.717) is 23.2 Å². The van der Waals surface area contributed by atoms with Gasteiger partial charge in [0.2, 0.25) is 12.7 Å². The monoisotopic (exact) mass is 416 g/mol. The maximum atomic E-state index is 13.4. The molecule has 0 saturated carbocycles. The number of rotatable bonds is 5. The summed E-state index contributed by atoms with van der Waals surface area (Å²) >= 11 is 1.55. The fourth-order valence-electron chi connectivity index (χ4n) is 3.48. The van der Waals surface area contributed by atoms with Crippen LogP contribution < -0.4 is 14.4 Å². The molecule has 0 unspecified atom stereocenters. The molecule has 2 heterocycles. The number of carbonyl (C=O) groups is 1. The molecule has 0 bridgehead atoms. The molecular weight excluding hydrogens is 396 g/mol. The van der Waals surface area contributed by atoms with E-state index in [1.807, 2.05) is 60.7 Å². The molecule has 5 nitrogen and oxygen atoms in total. The molecule has 0 spiro atoms. The van der Waals surface area contributed by atoms with Gasteiger partial charge >= 0.3 is 0 Å². The molecule has 150 valence electrons. The molecule has 4 aromatic rings. The van der Waals surface area contributed by atoms with Crippen molar-refractivity contribution in [2.24, 2.45) is 0 Å². The first kappa shape index (κ1) is 18.6. The Bertz CT molecular complexity index is 1220. The van der Waals surface area contributed by atoms with E-state index in [0.717, 1.165) is 21.3 Å². The second-order valence-electron chi connectivity index (χ2n) is 7.30. The van der Waals surface area contributed by atoms with Crippen molar-refractivity contribution < 1.29 is 14.3 Å². The van der Waals surface area contributed by atoms with E-state index >= 15 is 0 Å². The Morgan fingerprint density at radius 2 is 1.83 bits per heavy atom. The molecule has 0 fully saturated rings. The summed E-state index contributed by atoms with van der Waals surface area (Å²) in [5, 5.41) is 0.713. The van der Waals surface area contributed by atoms with Crippen molar-refractivity contribution in [3.63, 3.8) is 0 Å². The van der Waals surface area contributed by atoms with Crippen LogP contribution in [0, 0.1) is 6.92 Å². The quantitative estimate of drug-likeness (QED) is 0.454. The van der Waals surface area contributed by atoms with Gasteiger partial charge in [-0.2, -0.15) is 0 Å². The van der Waals surface area contributed by atoms with Crippen LogP contribution in [0.1, 0.15) is 16.7 Å². The highest BCUT2D eigenvalue weighted by Gasteiger charge is 2.22. The maximum absolute atomic E-state index is 13.4. The van der Waals surface area contributed by atoms with Gasteiger partial charge in [0.25, 0.3) is 0 Å². The van der Waals surface area contributed by atoms with Crippen LogP contribution in [0.15, 0.2) is 66.7 Å². The Hall–Kier alpha value is -3.38. The molecule has 0 saturated heterocycles. The summed E-state index contributed by atoms with van der Waals surface area (Å²) in [4.78, 5) is 19.9. The smallest absolute Gasteiger partial charge is 0.233 e. The molecule has 0 atom stereocenters. The minimum atomic E-state index is -0.00602.